The third-order valence-corrected chi connectivity index (χ3v) is 6.39. The molecule has 1 aromatic heterocycles. The van der Waals surface area contributed by atoms with Crippen molar-refractivity contribution in [1.29, 1.82) is 0 Å². The van der Waals surface area contributed by atoms with Gasteiger partial charge in [0.2, 0.25) is 5.91 Å². The highest BCUT2D eigenvalue weighted by molar-refractivity contribution is 6.10. The molecular formula is C21H25N5O3. The van der Waals surface area contributed by atoms with E-state index in [0.717, 1.165) is 60.4 Å². The van der Waals surface area contributed by atoms with Crippen molar-refractivity contribution in [3.8, 4) is 0 Å². The Morgan fingerprint density at radius 2 is 2.10 bits per heavy atom. The molecule has 1 aliphatic carbocycles. The number of aromatic nitrogens is 2. The summed E-state index contributed by atoms with van der Waals surface area (Å²) in [5.41, 5.74) is 1.68. The van der Waals surface area contributed by atoms with Crippen LogP contribution in [0.1, 0.15) is 44.9 Å². The number of benzene rings is 1. The van der Waals surface area contributed by atoms with Crippen molar-refractivity contribution in [2.45, 2.75) is 57.5 Å². The normalized spacial score (nSPS) is 24.4. The summed E-state index contributed by atoms with van der Waals surface area (Å²) in [5, 5.41) is 5.57. The van der Waals surface area contributed by atoms with Gasteiger partial charge < -0.3 is 15.2 Å². The lowest BCUT2D eigenvalue weighted by molar-refractivity contribution is -0.134. The zero-order chi connectivity index (χ0) is 20.2. The number of rotatable bonds is 4. The van der Waals surface area contributed by atoms with Crippen LogP contribution in [0.3, 0.4) is 0 Å². The minimum absolute atomic E-state index is 0.172. The first kappa shape index (κ1) is 18.1. The molecule has 4 amide bonds. The second-order valence-electron chi connectivity index (χ2n) is 8.54. The summed E-state index contributed by atoms with van der Waals surface area (Å²) in [6.07, 6.45) is 6.36. The molecule has 2 aliphatic heterocycles. The minimum Gasteiger partial charge on any atom is -0.328 e. The summed E-state index contributed by atoms with van der Waals surface area (Å²) in [6.45, 7) is 2.44. The second kappa shape index (κ2) is 6.57. The molecule has 29 heavy (non-hydrogen) atoms. The fraction of sp³-hybridized carbons (Fsp3) is 0.524. The van der Waals surface area contributed by atoms with Crippen molar-refractivity contribution >= 4 is 34.6 Å². The van der Waals surface area contributed by atoms with Crippen molar-refractivity contribution in [3.63, 3.8) is 0 Å². The van der Waals surface area contributed by atoms with Gasteiger partial charge in [-0.05, 0) is 56.7 Å². The Kier molecular flexibility index (Phi) is 4.11. The van der Waals surface area contributed by atoms with E-state index in [1.165, 1.54) is 6.42 Å². The van der Waals surface area contributed by atoms with Gasteiger partial charge in [-0.2, -0.15) is 0 Å². The maximum Gasteiger partial charge on any atom is 0.325 e. The molecule has 8 heteroatoms. The number of imide groups is 1. The van der Waals surface area contributed by atoms with Crippen LogP contribution in [0.5, 0.6) is 0 Å². The Bertz CT molecular complexity index is 1020. The predicted octanol–water partition coefficient (Wildman–Crippen LogP) is 2.42. The van der Waals surface area contributed by atoms with Crippen molar-refractivity contribution in [3.05, 3.63) is 24.0 Å². The summed E-state index contributed by atoms with van der Waals surface area (Å²) < 4.78 is 2.26. The lowest BCUT2D eigenvalue weighted by Gasteiger charge is -2.20. The van der Waals surface area contributed by atoms with E-state index >= 15 is 0 Å². The van der Waals surface area contributed by atoms with Crippen LogP contribution in [0.2, 0.25) is 0 Å². The van der Waals surface area contributed by atoms with E-state index in [9.17, 15) is 14.4 Å². The molecule has 2 N–H and O–H groups in total. The number of nitrogens with one attached hydrogen (secondary N) is 2. The number of hydrogen-bond acceptors (Lipinski definition) is 4. The van der Waals surface area contributed by atoms with E-state index in [0.29, 0.717) is 5.69 Å². The number of amides is 4. The Balaban J connectivity index is 1.30. The highest BCUT2D eigenvalue weighted by Gasteiger charge is 2.56. The van der Waals surface area contributed by atoms with Gasteiger partial charge in [-0.25, -0.2) is 9.78 Å². The highest BCUT2D eigenvalue weighted by atomic mass is 16.2. The molecule has 0 radical (unpaired) electrons. The van der Waals surface area contributed by atoms with Crippen molar-refractivity contribution < 1.29 is 14.4 Å². The maximum absolute atomic E-state index is 12.7. The molecule has 1 saturated carbocycles. The molecule has 1 aromatic carbocycles. The van der Waals surface area contributed by atoms with Gasteiger partial charge in [0.15, 0.2) is 0 Å². The summed E-state index contributed by atoms with van der Waals surface area (Å²) in [5.74, 6) is 0.562. The lowest BCUT2D eigenvalue weighted by atomic mass is 9.96. The summed E-state index contributed by atoms with van der Waals surface area (Å²) in [6, 6.07) is 5.19. The topological polar surface area (TPSA) is 96.3 Å². The molecular weight excluding hydrogens is 370 g/mol. The van der Waals surface area contributed by atoms with E-state index in [1.54, 1.807) is 6.92 Å². The Hall–Kier alpha value is -2.90. The Morgan fingerprint density at radius 3 is 2.90 bits per heavy atom. The van der Waals surface area contributed by atoms with Crippen molar-refractivity contribution in [2.24, 2.45) is 5.92 Å². The fourth-order valence-corrected chi connectivity index (χ4v) is 4.57. The monoisotopic (exact) mass is 395 g/mol. The molecule has 0 spiro atoms. The van der Waals surface area contributed by atoms with Crippen molar-refractivity contribution in [2.75, 3.05) is 11.9 Å². The van der Waals surface area contributed by atoms with Gasteiger partial charge in [0.1, 0.15) is 17.9 Å². The van der Waals surface area contributed by atoms with Crippen LogP contribution in [0, 0.1) is 5.92 Å². The number of carbonyl (C=O) groups excluding carboxylic acids is 3. The first-order valence-corrected chi connectivity index (χ1v) is 10.4. The van der Waals surface area contributed by atoms with Crippen LogP contribution in [0.15, 0.2) is 18.2 Å². The third kappa shape index (κ3) is 3.07. The second-order valence-corrected chi connectivity index (χ2v) is 8.54. The fourth-order valence-electron chi connectivity index (χ4n) is 4.57. The number of imidazole rings is 1. The smallest absolute Gasteiger partial charge is 0.325 e. The first-order chi connectivity index (χ1) is 14.0. The van der Waals surface area contributed by atoms with Crippen LogP contribution in [0.25, 0.3) is 11.0 Å². The van der Waals surface area contributed by atoms with Gasteiger partial charge >= 0.3 is 6.03 Å². The molecule has 1 atom stereocenters. The zero-order valence-corrected chi connectivity index (χ0v) is 16.5. The molecule has 3 heterocycles. The van der Waals surface area contributed by atoms with Crippen molar-refractivity contribution in [1.82, 2.24) is 19.8 Å². The molecule has 5 rings (SSSR count). The summed E-state index contributed by atoms with van der Waals surface area (Å²) >= 11 is 0. The Morgan fingerprint density at radius 1 is 1.28 bits per heavy atom. The van der Waals surface area contributed by atoms with Gasteiger partial charge in [-0.15, -0.1) is 0 Å². The third-order valence-electron chi connectivity index (χ3n) is 6.39. The minimum atomic E-state index is -0.871. The van der Waals surface area contributed by atoms with E-state index in [1.807, 2.05) is 18.2 Å². The van der Waals surface area contributed by atoms with E-state index < -0.39 is 17.5 Å². The van der Waals surface area contributed by atoms with Gasteiger partial charge in [0.25, 0.3) is 5.91 Å². The number of fused-ring (bicyclic) bond motifs is 3. The molecule has 8 nitrogen and oxygen atoms in total. The highest BCUT2D eigenvalue weighted by Crippen LogP contribution is 2.42. The number of nitrogens with zero attached hydrogens (tertiary/aromatic N) is 3. The van der Waals surface area contributed by atoms with E-state index in [4.69, 9.17) is 4.98 Å². The van der Waals surface area contributed by atoms with Crippen LogP contribution in [-0.4, -0.2) is 44.4 Å². The molecule has 1 saturated heterocycles. The SMILES string of the molecule is CC1(C2CC2)NC(=O)N(CC(=O)Nc2ccc3c(c2)nc2n3CCCCC2)C1=O. The molecule has 3 aliphatic rings. The molecule has 2 aromatic rings. The predicted molar refractivity (Wildman–Crippen MR) is 107 cm³/mol. The van der Waals surface area contributed by atoms with Crippen LogP contribution in [0.4, 0.5) is 10.5 Å². The van der Waals surface area contributed by atoms with E-state index in [2.05, 4.69) is 15.2 Å². The summed E-state index contributed by atoms with van der Waals surface area (Å²) in [7, 11) is 0. The molecule has 152 valence electrons. The first-order valence-electron chi connectivity index (χ1n) is 10.4. The van der Waals surface area contributed by atoms with Gasteiger partial charge in [-0.1, -0.05) is 6.42 Å². The lowest BCUT2D eigenvalue weighted by Crippen LogP contribution is -2.46. The van der Waals surface area contributed by atoms with Gasteiger partial charge in [0.05, 0.1) is 11.0 Å². The van der Waals surface area contributed by atoms with Gasteiger partial charge in [-0.3, -0.25) is 14.5 Å². The summed E-state index contributed by atoms with van der Waals surface area (Å²) in [4.78, 5) is 43.2. The standard InChI is InChI=1S/C21H25N5O3/c1-21(13-6-7-13)19(28)26(20(29)24-21)12-18(27)22-14-8-9-16-15(11-14)23-17-5-3-2-4-10-25(16)17/h8-9,11,13H,2-7,10,12H2,1H3,(H,22,27)(H,24,29). The van der Waals surface area contributed by atoms with Crippen LogP contribution in [-0.2, 0) is 22.6 Å². The largest absolute Gasteiger partial charge is 0.328 e. The number of carbonyl (C=O) groups is 3. The molecule has 2 fully saturated rings. The maximum atomic E-state index is 12.7. The van der Waals surface area contributed by atoms with Crippen LogP contribution < -0.4 is 10.6 Å². The average Bonchev–Trinajstić information content (AvgIpc) is 3.48. The number of anilines is 1. The number of aryl methyl sites for hydroxylation is 2. The van der Waals surface area contributed by atoms with E-state index in [-0.39, 0.29) is 18.4 Å². The number of urea groups is 1. The van der Waals surface area contributed by atoms with Crippen LogP contribution >= 0.6 is 0 Å². The average molecular weight is 395 g/mol. The molecule has 0 bridgehead atoms. The Labute approximate surface area is 168 Å². The quantitative estimate of drug-likeness (QED) is 0.777. The molecule has 1 unspecified atom stereocenters. The van der Waals surface area contributed by atoms with Gasteiger partial charge in [0, 0.05) is 18.7 Å². The number of hydrogen-bond donors (Lipinski definition) is 2. The zero-order valence-electron chi connectivity index (χ0n) is 16.5.